The van der Waals surface area contributed by atoms with Crippen LogP contribution in [0.3, 0.4) is 0 Å². The average molecular weight is 281 g/mol. The Morgan fingerprint density at radius 1 is 1.33 bits per heavy atom. The van der Waals surface area contributed by atoms with Crippen LogP contribution in [0.15, 0.2) is 5.38 Å². The van der Waals surface area contributed by atoms with Crippen LogP contribution in [0.5, 0.6) is 0 Å². The fourth-order valence-corrected chi connectivity index (χ4v) is 3.74. The average Bonchev–Trinajstić information content (AvgIpc) is 2.87. The van der Waals surface area contributed by atoms with Crippen molar-refractivity contribution in [3.8, 4) is 0 Å². The third-order valence-electron chi connectivity index (χ3n) is 2.65. The highest BCUT2D eigenvalue weighted by Gasteiger charge is 2.14. The topological polar surface area (TPSA) is 37.8 Å². The summed E-state index contributed by atoms with van der Waals surface area (Å²) in [6, 6.07) is 0. The van der Waals surface area contributed by atoms with Gasteiger partial charge in [0.05, 0.1) is 21.4 Å². The molecule has 2 aromatic rings. The zero-order valence-corrected chi connectivity index (χ0v) is 12.9. The number of nitrogens with zero attached hydrogens (tertiary/aromatic N) is 2. The summed E-state index contributed by atoms with van der Waals surface area (Å²) in [6.07, 6.45) is 0.860. The van der Waals surface area contributed by atoms with E-state index in [0.29, 0.717) is 5.92 Å². The first kappa shape index (κ1) is 13.6. The van der Waals surface area contributed by atoms with Gasteiger partial charge in [-0.2, -0.15) is 0 Å². The quantitative estimate of drug-likeness (QED) is 0.913. The third kappa shape index (κ3) is 3.16. The van der Waals surface area contributed by atoms with Gasteiger partial charge in [0.2, 0.25) is 0 Å². The van der Waals surface area contributed by atoms with Crippen molar-refractivity contribution in [2.24, 2.45) is 0 Å². The molecule has 98 valence electrons. The summed E-state index contributed by atoms with van der Waals surface area (Å²) in [5, 5.41) is 7.65. The summed E-state index contributed by atoms with van der Waals surface area (Å²) in [5.74, 6) is 0.482. The highest BCUT2D eigenvalue weighted by Crippen LogP contribution is 2.26. The minimum Gasteiger partial charge on any atom is -0.315 e. The highest BCUT2D eigenvalue weighted by atomic mass is 32.1. The number of aromatic nitrogens is 2. The minimum absolute atomic E-state index is 0.482. The van der Waals surface area contributed by atoms with Gasteiger partial charge in [-0.25, -0.2) is 9.97 Å². The molecule has 2 aromatic heterocycles. The lowest BCUT2D eigenvalue weighted by atomic mass is 10.1. The van der Waals surface area contributed by atoms with E-state index in [0.717, 1.165) is 23.7 Å². The molecule has 0 spiro atoms. The molecule has 0 radical (unpaired) electrons. The van der Waals surface area contributed by atoms with Gasteiger partial charge in [0.1, 0.15) is 0 Å². The smallest absolute Gasteiger partial charge is 0.0991 e. The van der Waals surface area contributed by atoms with Crippen molar-refractivity contribution in [1.82, 2.24) is 15.3 Å². The molecule has 5 heteroatoms. The summed E-state index contributed by atoms with van der Waals surface area (Å²) >= 11 is 3.51. The van der Waals surface area contributed by atoms with Crippen molar-refractivity contribution in [3.63, 3.8) is 0 Å². The normalized spacial score (nSPS) is 11.4. The van der Waals surface area contributed by atoms with Gasteiger partial charge in [0, 0.05) is 23.2 Å². The second-order valence-electron chi connectivity index (χ2n) is 4.64. The Hall–Kier alpha value is -0.780. The van der Waals surface area contributed by atoms with E-state index in [2.05, 4.69) is 29.5 Å². The summed E-state index contributed by atoms with van der Waals surface area (Å²) in [7, 11) is 1.98. The molecular weight excluding hydrogens is 262 g/mol. The van der Waals surface area contributed by atoms with E-state index in [-0.39, 0.29) is 0 Å². The van der Waals surface area contributed by atoms with Crippen molar-refractivity contribution in [2.75, 3.05) is 7.05 Å². The van der Waals surface area contributed by atoms with Gasteiger partial charge in [-0.1, -0.05) is 13.8 Å². The van der Waals surface area contributed by atoms with E-state index in [1.165, 1.54) is 15.6 Å². The van der Waals surface area contributed by atoms with Gasteiger partial charge in [-0.3, -0.25) is 0 Å². The summed E-state index contributed by atoms with van der Waals surface area (Å²) < 4.78 is 0. The molecule has 2 heterocycles. The number of hydrogen-bond donors (Lipinski definition) is 1. The Bertz CT molecular complexity index is 514. The highest BCUT2D eigenvalue weighted by molar-refractivity contribution is 7.11. The van der Waals surface area contributed by atoms with Gasteiger partial charge in [0.15, 0.2) is 0 Å². The second kappa shape index (κ2) is 5.91. The molecule has 0 aromatic carbocycles. The first-order chi connectivity index (χ1) is 8.60. The van der Waals surface area contributed by atoms with Crippen LogP contribution in [0, 0.1) is 6.92 Å². The molecule has 0 aliphatic carbocycles. The van der Waals surface area contributed by atoms with Crippen LogP contribution in [0.25, 0.3) is 0 Å². The van der Waals surface area contributed by atoms with Crippen molar-refractivity contribution in [2.45, 2.75) is 39.7 Å². The van der Waals surface area contributed by atoms with Gasteiger partial charge in [-0.15, -0.1) is 22.7 Å². The molecular formula is C13H19N3S2. The lowest BCUT2D eigenvalue weighted by Gasteiger charge is -2.03. The number of rotatable bonds is 5. The molecule has 2 rings (SSSR count). The Kier molecular flexibility index (Phi) is 4.48. The SMILES string of the molecule is CNCc1sc(Cc2csc(C)n2)nc1C(C)C. The molecule has 0 bridgehead atoms. The lowest BCUT2D eigenvalue weighted by molar-refractivity contribution is 0.767. The van der Waals surface area contributed by atoms with Crippen LogP contribution >= 0.6 is 22.7 Å². The van der Waals surface area contributed by atoms with Crippen LogP contribution < -0.4 is 5.32 Å². The van der Waals surface area contributed by atoms with E-state index in [1.807, 2.05) is 25.3 Å². The lowest BCUT2D eigenvalue weighted by Crippen LogP contribution is -2.06. The Morgan fingerprint density at radius 3 is 2.67 bits per heavy atom. The molecule has 0 saturated heterocycles. The first-order valence-corrected chi connectivity index (χ1v) is 7.83. The molecule has 18 heavy (non-hydrogen) atoms. The molecule has 0 fully saturated rings. The zero-order chi connectivity index (χ0) is 13.1. The van der Waals surface area contributed by atoms with E-state index in [1.54, 1.807) is 11.3 Å². The standard InChI is InChI=1S/C13H19N3S2/c1-8(2)13-11(6-14-4)18-12(16-13)5-10-7-17-9(3)15-10/h7-8,14H,5-6H2,1-4H3. The Morgan fingerprint density at radius 2 is 2.11 bits per heavy atom. The van der Waals surface area contributed by atoms with Crippen LogP contribution in [0.4, 0.5) is 0 Å². The van der Waals surface area contributed by atoms with E-state index < -0.39 is 0 Å². The van der Waals surface area contributed by atoms with E-state index >= 15 is 0 Å². The summed E-state index contributed by atoms with van der Waals surface area (Å²) in [6.45, 7) is 7.35. The predicted molar refractivity (Wildman–Crippen MR) is 78.6 cm³/mol. The van der Waals surface area contributed by atoms with E-state index in [4.69, 9.17) is 4.98 Å². The van der Waals surface area contributed by atoms with Crippen molar-refractivity contribution >= 4 is 22.7 Å². The molecule has 0 saturated carbocycles. The van der Waals surface area contributed by atoms with Crippen molar-refractivity contribution < 1.29 is 0 Å². The third-order valence-corrected chi connectivity index (χ3v) is 4.55. The van der Waals surface area contributed by atoms with Gasteiger partial charge < -0.3 is 5.32 Å². The molecule has 0 aliphatic rings. The second-order valence-corrected chi connectivity index (χ2v) is 6.87. The van der Waals surface area contributed by atoms with Crippen LogP contribution in [-0.2, 0) is 13.0 Å². The maximum absolute atomic E-state index is 4.78. The van der Waals surface area contributed by atoms with Crippen LogP contribution in [-0.4, -0.2) is 17.0 Å². The summed E-state index contributed by atoms with van der Waals surface area (Å²) in [5.41, 5.74) is 2.37. The summed E-state index contributed by atoms with van der Waals surface area (Å²) in [4.78, 5) is 10.6. The molecule has 0 atom stereocenters. The monoisotopic (exact) mass is 281 g/mol. The zero-order valence-electron chi connectivity index (χ0n) is 11.3. The number of nitrogens with one attached hydrogen (secondary N) is 1. The van der Waals surface area contributed by atoms with Crippen LogP contribution in [0.2, 0.25) is 0 Å². The Balaban J connectivity index is 2.20. The molecule has 0 unspecified atom stereocenters. The molecule has 3 nitrogen and oxygen atoms in total. The molecule has 0 amide bonds. The van der Waals surface area contributed by atoms with Crippen molar-refractivity contribution in [3.05, 3.63) is 31.7 Å². The number of aryl methyl sites for hydroxylation is 1. The maximum Gasteiger partial charge on any atom is 0.0991 e. The number of thiazole rings is 2. The van der Waals surface area contributed by atoms with Crippen molar-refractivity contribution in [1.29, 1.82) is 0 Å². The van der Waals surface area contributed by atoms with Gasteiger partial charge in [-0.05, 0) is 19.9 Å². The maximum atomic E-state index is 4.78. The first-order valence-electron chi connectivity index (χ1n) is 6.14. The fourth-order valence-electron chi connectivity index (χ4n) is 1.87. The fraction of sp³-hybridized carbons (Fsp3) is 0.538. The minimum atomic E-state index is 0.482. The molecule has 1 N–H and O–H groups in total. The Labute approximate surface area is 116 Å². The predicted octanol–water partition coefficient (Wildman–Crippen LogP) is 3.34. The van der Waals surface area contributed by atoms with Gasteiger partial charge >= 0.3 is 0 Å². The number of hydrogen-bond acceptors (Lipinski definition) is 5. The van der Waals surface area contributed by atoms with E-state index in [9.17, 15) is 0 Å². The molecule has 0 aliphatic heterocycles. The van der Waals surface area contributed by atoms with Crippen LogP contribution in [0.1, 0.15) is 46.0 Å². The van der Waals surface area contributed by atoms with Gasteiger partial charge in [0.25, 0.3) is 0 Å². The largest absolute Gasteiger partial charge is 0.315 e.